The van der Waals surface area contributed by atoms with Crippen molar-refractivity contribution in [1.29, 1.82) is 0 Å². The van der Waals surface area contributed by atoms with Gasteiger partial charge in [-0.1, -0.05) is 31.4 Å². The number of amides is 1. The van der Waals surface area contributed by atoms with Crippen LogP contribution in [0.3, 0.4) is 0 Å². The van der Waals surface area contributed by atoms with Gasteiger partial charge in [0.15, 0.2) is 9.84 Å². The van der Waals surface area contributed by atoms with Gasteiger partial charge in [-0.15, -0.1) is 0 Å². The lowest BCUT2D eigenvalue weighted by Crippen LogP contribution is -2.25. The van der Waals surface area contributed by atoms with Gasteiger partial charge in [0.1, 0.15) is 0 Å². The molecule has 0 aliphatic heterocycles. The molecular weight excluding hydrogens is 336 g/mol. The Bertz CT molecular complexity index is 711. The first-order valence-corrected chi connectivity index (χ1v) is 11.0. The lowest BCUT2D eigenvalue weighted by molar-refractivity contribution is -0.119. The number of nitrogens with one attached hydrogen (secondary N) is 1. The second-order valence-corrected chi connectivity index (χ2v) is 9.81. The Kier molecular flexibility index (Phi) is 5.79. The van der Waals surface area contributed by atoms with Crippen molar-refractivity contribution in [2.45, 2.75) is 68.4 Å². The van der Waals surface area contributed by atoms with Crippen molar-refractivity contribution in [3.05, 3.63) is 29.8 Å². The molecule has 138 valence electrons. The maximum Gasteiger partial charge on any atom is 0.227 e. The van der Waals surface area contributed by atoms with E-state index in [0.29, 0.717) is 5.69 Å². The van der Waals surface area contributed by atoms with Gasteiger partial charge in [0, 0.05) is 17.6 Å². The third kappa shape index (κ3) is 4.82. The van der Waals surface area contributed by atoms with Crippen LogP contribution in [0.2, 0.25) is 0 Å². The minimum atomic E-state index is -3.13. The summed E-state index contributed by atoms with van der Waals surface area (Å²) in [6.45, 7) is 0. The first-order valence-electron chi connectivity index (χ1n) is 9.31. The molecule has 3 rings (SSSR count). The van der Waals surface area contributed by atoms with Gasteiger partial charge in [0.2, 0.25) is 5.91 Å². The summed E-state index contributed by atoms with van der Waals surface area (Å²) in [5, 5.41) is 2.71. The Morgan fingerprint density at radius 1 is 1.12 bits per heavy atom. The summed E-state index contributed by atoms with van der Waals surface area (Å²) in [4.78, 5) is 12.3. The molecule has 3 N–H and O–H groups in total. The first-order chi connectivity index (χ1) is 11.9. The summed E-state index contributed by atoms with van der Waals surface area (Å²) in [6.07, 6.45) is 7.13. The number of carbonyl (C=O) groups excluding carboxylic acids is 1. The minimum absolute atomic E-state index is 0.0137. The summed E-state index contributed by atoms with van der Waals surface area (Å²) in [6, 6.07) is 7.34. The van der Waals surface area contributed by atoms with Crippen molar-refractivity contribution < 1.29 is 13.2 Å². The number of benzene rings is 1. The Hall–Kier alpha value is -1.40. The Labute approximate surface area is 150 Å². The van der Waals surface area contributed by atoms with Crippen LogP contribution in [0.1, 0.15) is 56.9 Å². The predicted molar refractivity (Wildman–Crippen MR) is 99.9 cm³/mol. The maximum absolute atomic E-state index is 12.6. The van der Waals surface area contributed by atoms with E-state index in [1.807, 2.05) is 18.2 Å². The van der Waals surface area contributed by atoms with Gasteiger partial charge in [0.05, 0.1) is 11.0 Å². The number of carbonyl (C=O) groups is 1. The zero-order chi connectivity index (χ0) is 17.9. The molecule has 2 unspecified atom stereocenters. The standard InChI is InChI=1S/C19H28N2O3S/c20-16-10-9-15(12-16)19(22)21-17-6-4-5-14(11-17)13-25(23,24)18-7-2-1-3-8-18/h4-6,11,15-16,18H,1-3,7-10,12-13,20H2,(H,21,22). The van der Waals surface area contributed by atoms with Crippen molar-refractivity contribution >= 4 is 21.4 Å². The van der Waals surface area contributed by atoms with E-state index in [4.69, 9.17) is 5.73 Å². The van der Waals surface area contributed by atoms with Gasteiger partial charge in [-0.3, -0.25) is 4.79 Å². The number of anilines is 1. The zero-order valence-electron chi connectivity index (χ0n) is 14.6. The molecule has 2 saturated carbocycles. The van der Waals surface area contributed by atoms with Gasteiger partial charge in [-0.05, 0) is 49.8 Å². The predicted octanol–water partition coefficient (Wildman–Crippen LogP) is 3.00. The van der Waals surface area contributed by atoms with E-state index in [1.54, 1.807) is 6.07 Å². The molecule has 1 amide bonds. The number of hydrogen-bond acceptors (Lipinski definition) is 4. The lowest BCUT2D eigenvalue weighted by Gasteiger charge is -2.21. The van der Waals surface area contributed by atoms with Crippen LogP contribution >= 0.6 is 0 Å². The van der Waals surface area contributed by atoms with E-state index in [1.165, 1.54) is 0 Å². The van der Waals surface area contributed by atoms with Crippen molar-refractivity contribution in [2.75, 3.05) is 5.32 Å². The fraction of sp³-hybridized carbons (Fsp3) is 0.632. The van der Waals surface area contributed by atoms with Crippen LogP contribution in [-0.4, -0.2) is 25.6 Å². The number of rotatable bonds is 5. The van der Waals surface area contributed by atoms with Crippen LogP contribution in [-0.2, 0) is 20.4 Å². The highest BCUT2D eigenvalue weighted by molar-refractivity contribution is 7.91. The summed E-state index contributed by atoms with van der Waals surface area (Å²) in [5.74, 6) is 0.000219. The maximum atomic E-state index is 12.6. The number of nitrogens with two attached hydrogens (primary N) is 1. The molecule has 2 fully saturated rings. The fourth-order valence-electron chi connectivity index (χ4n) is 4.01. The van der Waals surface area contributed by atoms with Gasteiger partial charge in [0.25, 0.3) is 0 Å². The number of hydrogen-bond donors (Lipinski definition) is 2. The summed E-state index contributed by atoms with van der Waals surface area (Å²) < 4.78 is 25.3. The van der Waals surface area contributed by atoms with E-state index in [9.17, 15) is 13.2 Å². The van der Waals surface area contributed by atoms with Crippen LogP contribution in [0.25, 0.3) is 0 Å². The molecule has 0 bridgehead atoms. The molecule has 2 aliphatic rings. The topological polar surface area (TPSA) is 89.3 Å². The van der Waals surface area contributed by atoms with E-state index < -0.39 is 9.84 Å². The largest absolute Gasteiger partial charge is 0.328 e. The van der Waals surface area contributed by atoms with Crippen LogP contribution in [0.4, 0.5) is 5.69 Å². The van der Waals surface area contributed by atoms with Crippen molar-refractivity contribution in [2.24, 2.45) is 11.7 Å². The van der Waals surface area contributed by atoms with Crippen LogP contribution in [0, 0.1) is 5.92 Å². The molecule has 0 radical (unpaired) electrons. The molecule has 0 spiro atoms. The number of sulfone groups is 1. The fourth-order valence-corrected chi connectivity index (χ4v) is 5.94. The third-order valence-corrected chi connectivity index (χ3v) is 7.69. The Balaban J connectivity index is 1.64. The molecule has 5 nitrogen and oxygen atoms in total. The van der Waals surface area contributed by atoms with Crippen LogP contribution < -0.4 is 11.1 Å². The average molecular weight is 365 g/mol. The SMILES string of the molecule is NC1CCC(C(=O)Nc2cccc(CS(=O)(=O)C3CCCCC3)c2)C1. The molecule has 0 heterocycles. The first kappa shape index (κ1) is 18.4. The summed E-state index contributed by atoms with van der Waals surface area (Å²) in [7, 11) is -3.13. The monoisotopic (exact) mass is 364 g/mol. The molecular formula is C19H28N2O3S. The molecule has 0 saturated heterocycles. The van der Waals surface area contributed by atoms with Gasteiger partial charge >= 0.3 is 0 Å². The normalized spacial score (nSPS) is 25.0. The Morgan fingerprint density at radius 3 is 2.56 bits per heavy atom. The van der Waals surface area contributed by atoms with E-state index in [-0.39, 0.29) is 28.9 Å². The van der Waals surface area contributed by atoms with Gasteiger partial charge in [-0.25, -0.2) is 8.42 Å². The van der Waals surface area contributed by atoms with Gasteiger partial charge in [-0.2, -0.15) is 0 Å². The summed E-state index contributed by atoms with van der Waals surface area (Å²) in [5.41, 5.74) is 7.28. The average Bonchev–Trinajstić information content (AvgIpc) is 3.02. The molecule has 1 aromatic carbocycles. The van der Waals surface area contributed by atoms with E-state index in [0.717, 1.165) is 56.9 Å². The zero-order valence-corrected chi connectivity index (χ0v) is 15.4. The molecule has 1 aromatic rings. The van der Waals surface area contributed by atoms with Crippen LogP contribution in [0.5, 0.6) is 0 Å². The van der Waals surface area contributed by atoms with Crippen LogP contribution in [0.15, 0.2) is 24.3 Å². The second kappa shape index (κ2) is 7.87. The quantitative estimate of drug-likeness (QED) is 0.840. The Morgan fingerprint density at radius 2 is 1.88 bits per heavy atom. The smallest absolute Gasteiger partial charge is 0.227 e. The molecule has 25 heavy (non-hydrogen) atoms. The van der Waals surface area contributed by atoms with Gasteiger partial charge < -0.3 is 11.1 Å². The van der Waals surface area contributed by atoms with Crippen molar-refractivity contribution in [3.63, 3.8) is 0 Å². The summed E-state index contributed by atoms with van der Waals surface area (Å²) >= 11 is 0. The lowest BCUT2D eigenvalue weighted by atomic mass is 10.0. The molecule has 0 aromatic heterocycles. The molecule has 6 heteroatoms. The highest BCUT2D eigenvalue weighted by atomic mass is 32.2. The second-order valence-electron chi connectivity index (χ2n) is 7.53. The third-order valence-electron chi connectivity index (χ3n) is 5.47. The van der Waals surface area contributed by atoms with E-state index in [2.05, 4.69) is 5.32 Å². The van der Waals surface area contributed by atoms with Crippen molar-refractivity contribution in [3.8, 4) is 0 Å². The highest BCUT2D eigenvalue weighted by Crippen LogP contribution is 2.28. The minimum Gasteiger partial charge on any atom is -0.328 e. The highest BCUT2D eigenvalue weighted by Gasteiger charge is 2.29. The molecule has 2 aliphatic carbocycles. The van der Waals surface area contributed by atoms with E-state index >= 15 is 0 Å². The van der Waals surface area contributed by atoms with Crippen molar-refractivity contribution in [1.82, 2.24) is 0 Å². The molecule has 2 atom stereocenters.